The second-order valence-electron chi connectivity index (χ2n) is 11.6. The second kappa shape index (κ2) is 8.33. The molecule has 3 heteroatoms. The summed E-state index contributed by atoms with van der Waals surface area (Å²) in [5.74, 6) is 2.81. The highest BCUT2D eigenvalue weighted by molar-refractivity contribution is 6.06. The Morgan fingerprint density at radius 2 is 1.31 bits per heavy atom. The number of Topliss-reactive ketones (excluding diaryl/α,β-unsaturated/α-hetero) is 2. The van der Waals surface area contributed by atoms with Gasteiger partial charge >= 0.3 is 0 Å². The number of ether oxygens (including phenoxy) is 1. The lowest BCUT2D eigenvalue weighted by molar-refractivity contribution is -0.126. The summed E-state index contributed by atoms with van der Waals surface area (Å²) in [6.45, 7) is 2.98. The van der Waals surface area contributed by atoms with Gasteiger partial charge in [0.25, 0.3) is 0 Å². The van der Waals surface area contributed by atoms with Crippen LogP contribution in [0.15, 0.2) is 54.6 Å². The van der Waals surface area contributed by atoms with Crippen LogP contribution in [0.25, 0.3) is 21.9 Å². The molecule has 3 aromatic carbocycles. The van der Waals surface area contributed by atoms with Gasteiger partial charge in [0.15, 0.2) is 0 Å². The van der Waals surface area contributed by atoms with E-state index in [1.807, 2.05) is 25.3 Å². The van der Waals surface area contributed by atoms with E-state index in [4.69, 9.17) is 4.74 Å². The average molecular weight is 467 g/mol. The molecule has 0 N–H and O–H groups in total. The van der Waals surface area contributed by atoms with Gasteiger partial charge in [-0.2, -0.15) is 0 Å². The largest absolute Gasteiger partial charge is 0.496 e. The van der Waals surface area contributed by atoms with Gasteiger partial charge in [0.2, 0.25) is 0 Å². The highest BCUT2D eigenvalue weighted by Gasteiger charge is 2.52. The highest BCUT2D eigenvalue weighted by atomic mass is 16.5. The van der Waals surface area contributed by atoms with E-state index >= 15 is 0 Å². The summed E-state index contributed by atoms with van der Waals surface area (Å²) in [6.07, 6.45) is 8.23. The van der Waals surface area contributed by atoms with Crippen LogP contribution in [-0.4, -0.2) is 18.7 Å². The maximum Gasteiger partial charge on any atom is 0.144 e. The number of hydrogen-bond acceptors (Lipinski definition) is 3. The summed E-state index contributed by atoms with van der Waals surface area (Å²) in [5.41, 5.74) is 4.88. The molecule has 3 nitrogen and oxygen atoms in total. The number of rotatable bonds is 6. The number of benzene rings is 3. The molecule has 3 aromatic rings. The van der Waals surface area contributed by atoms with E-state index in [0.717, 1.165) is 39.8 Å². The van der Waals surface area contributed by atoms with Crippen LogP contribution in [0.3, 0.4) is 0 Å². The first-order valence-electron chi connectivity index (χ1n) is 13.1. The Morgan fingerprint density at radius 1 is 0.771 bits per heavy atom. The molecule has 4 saturated carbocycles. The second-order valence-corrected chi connectivity index (χ2v) is 11.6. The first-order valence-corrected chi connectivity index (χ1v) is 13.1. The van der Waals surface area contributed by atoms with Crippen LogP contribution in [0.4, 0.5) is 0 Å². The average Bonchev–Trinajstić information content (AvgIpc) is 2.82. The fraction of sp³-hybridized carbons (Fsp3) is 0.438. The molecule has 4 aliphatic carbocycles. The van der Waals surface area contributed by atoms with Gasteiger partial charge in [-0.15, -0.1) is 0 Å². The van der Waals surface area contributed by atoms with Gasteiger partial charge in [-0.1, -0.05) is 30.3 Å². The van der Waals surface area contributed by atoms with Crippen molar-refractivity contribution >= 4 is 22.3 Å². The lowest BCUT2D eigenvalue weighted by atomic mass is 9.48. The van der Waals surface area contributed by atoms with Crippen molar-refractivity contribution in [2.45, 2.75) is 63.7 Å². The molecule has 4 aliphatic rings. The molecule has 0 heterocycles. The van der Waals surface area contributed by atoms with Gasteiger partial charge in [-0.25, -0.2) is 0 Å². The lowest BCUT2D eigenvalue weighted by Gasteiger charge is -2.57. The van der Waals surface area contributed by atoms with Gasteiger partial charge in [0, 0.05) is 5.56 Å². The van der Waals surface area contributed by atoms with Crippen molar-refractivity contribution in [2.75, 3.05) is 7.11 Å². The van der Waals surface area contributed by atoms with Gasteiger partial charge in [0.05, 0.1) is 7.11 Å². The van der Waals surface area contributed by atoms with Crippen molar-refractivity contribution in [3.05, 3.63) is 65.7 Å². The molecule has 180 valence electrons. The lowest BCUT2D eigenvalue weighted by Crippen LogP contribution is -2.48. The van der Waals surface area contributed by atoms with Crippen LogP contribution >= 0.6 is 0 Å². The zero-order chi connectivity index (χ0) is 24.3. The Labute approximate surface area is 207 Å². The molecule has 7 rings (SSSR count). The van der Waals surface area contributed by atoms with E-state index < -0.39 is 5.92 Å². The highest BCUT2D eigenvalue weighted by Crippen LogP contribution is 2.62. The molecule has 0 aromatic heterocycles. The number of fused-ring (bicyclic) bond motifs is 1. The quantitative estimate of drug-likeness (QED) is 0.360. The Bertz CT molecular complexity index is 1280. The number of ketones is 2. The molecule has 4 fully saturated rings. The van der Waals surface area contributed by atoms with Crippen molar-refractivity contribution in [1.29, 1.82) is 0 Å². The number of carbonyl (C=O) groups excluding carboxylic acids is 2. The van der Waals surface area contributed by atoms with Crippen LogP contribution in [0, 0.1) is 17.8 Å². The van der Waals surface area contributed by atoms with Crippen LogP contribution in [-0.2, 0) is 15.0 Å². The van der Waals surface area contributed by atoms with Crippen molar-refractivity contribution < 1.29 is 14.3 Å². The van der Waals surface area contributed by atoms with Crippen LogP contribution < -0.4 is 4.74 Å². The Balaban J connectivity index is 1.38. The predicted molar refractivity (Wildman–Crippen MR) is 140 cm³/mol. The van der Waals surface area contributed by atoms with E-state index in [1.165, 1.54) is 69.1 Å². The molecular weight excluding hydrogens is 432 g/mol. The zero-order valence-electron chi connectivity index (χ0n) is 21.0. The monoisotopic (exact) mass is 466 g/mol. The van der Waals surface area contributed by atoms with Gasteiger partial charge in [-0.3, -0.25) is 9.59 Å². The molecule has 0 spiro atoms. The first kappa shape index (κ1) is 22.5. The molecule has 35 heavy (non-hydrogen) atoms. The summed E-state index contributed by atoms with van der Waals surface area (Å²) in [4.78, 5) is 24.1. The van der Waals surface area contributed by atoms with Gasteiger partial charge in [-0.05, 0) is 127 Å². The Kier molecular flexibility index (Phi) is 5.36. The number of carbonyl (C=O) groups is 2. The smallest absolute Gasteiger partial charge is 0.144 e. The third-order valence-electron chi connectivity index (χ3n) is 9.15. The topological polar surface area (TPSA) is 43.4 Å². The SMILES string of the molecule is COc1ccc(-c2ccc3cc(C(C(C)=O)C(C)=O)ccc3c2)cc1C12CC3CC(CC(C3)C1)C2. The fourth-order valence-corrected chi connectivity index (χ4v) is 8.12. The molecule has 0 aliphatic heterocycles. The van der Waals surface area contributed by atoms with Gasteiger partial charge in [0.1, 0.15) is 23.2 Å². The summed E-state index contributed by atoms with van der Waals surface area (Å²) < 4.78 is 5.92. The Hall–Kier alpha value is -2.94. The third-order valence-corrected chi connectivity index (χ3v) is 9.15. The minimum absolute atomic E-state index is 0.107. The first-order chi connectivity index (χ1) is 16.8. The predicted octanol–water partition coefficient (Wildman–Crippen LogP) is 7.24. The molecular formula is C32H34O3. The number of methoxy groups -OCH3 is 1. The van der Waals surface area contributed by atoms with Crippen LogP contribution in [0.1, 0.15) is 69.4 Å². The van der Waals surface area contributed by atoms with Crippen molar-refractivity contribution in [3.8, 4) is 16.9 Å². The summed E-state index contributed by atoms with van der Waals surface area (Å²) >= 11 is 0. The zero-order valence-corrected chi connectivity index (χ0v) is 21.0. The third kappa shape index (κ3) is 3.80. The molecule has 4 bridgehead atoms. The van der Waals surface area contributed by atoms with Crippen LogP contribution in [0.2, 0.25) is 0 Å². The van der Waals surface area contributed by atoms with E-state index in [9.17, 15) is 9.59 Å². The molecule has 0 atom stereocenters. The van der Waals surface area contributed by atoms with Crippen molar-refractivity contribution in [3.63, 3.8) is 0 Å². The van der Waals surface area contributed by atoms with Gasteiger partial charge < -0.3 is 4.74 Å². The molecule has 0 unspecified atom stereocenters. The van der Waals surface area contributed by atoms with Crippen molar-refractivity contribution in [1.82, 2.24) is 0 Å². The summed E-state index contributed by atoms with van der Waals surface area (Å²) in [5, 5.41) is 2.16. The van der Waals surface area contributed by atoms with Crippen LogP contribution in [0.5, 0.6) is 5.75 Å². The summed E-state index contributed by atoms with van der Waals surface area (Å²) in [7, 11) is 1.81. The Morgan fingerprint density at radius 3 is 1.91 bits per heavy atom. The summed E-state index contributed by atoms with van der Waals surface area (Å²) in [6, 6.07) is 19.2. The van der Waals surface area contributed by atoms with E-state index in [1.54, 1.807) is 0 Å². The molecule has 0 saturated heterocycles. The van der Waals surface area contributed by atoms with Crippen molar-refractivity contribution in [2.24, 2.45) is 17.8 Å². The van der Waals surface area contributed by atoms with E-state index in [-0.39, 0.29) is 17.0 Å². The molecule has 0 radical (unpaired) electrons. The minimum Gasteiger partial charge on any atom is -0.496 e. The maximum atomic E-state index is 12.0. The normalized spacial score (nSPS) is 26.9. The van der Waals surface area contributed by atoms with E-state index in [2.05, 4.69) is 36.4 Å². The number of hydrogen-bond donors (Lipinski definition) is 0. The van der Waals surface area contributed by atoms with E-state index in [0.29, 0.717) is 0 Å². The minimum atomic E-state index is -0.677. The maximum absolute atomic E-state index is 12.0. The molecule has 0 amide bonds. The fourth-order valence-electron chi connectivity index (χ4n) is 8.12. The standard InChI is InChI=1S/C32H34O3/c1-19(33)31(20(2)34)28-7-6-24-13-25(4-5-26(24)14-28)27-8-9-30(35-3)29(15-27)32-16-21-10-22(17-32)12-23(11-21)18-32/h4-9,13-15,21-23,31H,10-12,16-18H2,1-3H3.